The first-order valence-electron chi connectivity index (χ1n) is 9.42. The number of esters is 1. The molecule has 0 saturated heterocycles. The fraction of sp³-hybridized carbons (Fsp3) is 0.167. The van der Waals surface area contributed by atoms with Gasteiger partial charge in [0.1, 0.15) is 6.04 Å². The lowest BCUT2D eigenvalue weighted by Crippen LogP contribution is -2.42. The van der Waals surface area contributed by atoms with Gasteiger partial charge in [-0.15, -0.1) is 0 Å². The molecule has 0 aliphatic heterocycles. The van der Waals surface area contributed by atoms with Crippen LogP contribution in [-0.4, -0.2) is 25.0 Å². The van der Waals surface area contributed by atoms with Crippen LogP contribution in [0.3, 0.4) is 0 Å². The molecule has 148 valence electrons. The maximum atomic E-state index is 12.0. The van der Waals surface area contributed by atoms with E-state index in [2.05, 4.69) is 66.0 Å². The molecule has 0 radical (unpaired) electrons. The molecule has 0 aliphatic rings. The number of amides is 1. The molecule has 0 unspecified atom stereocenters. The minimum Gasteiger partial charge on any atom is -0.467 e. The predicted octanol–water partition coefficient (Wildman–Crippen LogP) is 2.67. The third-order valence-electron chi connectivity index (χ3n) is 4.53. The van der Waals surface area contributed by atoms with Crippen molar-refractivity contribution in [3.8, 4) is 0 Å². The summed E-state index contributed by atoms with van der Waals surface area (Å²) >= 11 is 0. The highest BCUT2D eigenvalue weighted by atomic mass is 31.1. The van der Waals surface area contributed by atoms with Crippen LogP contribution in [0.4, 0.5) is 0 Å². The van der Waals surface area contributed by atoms with E-state index in [9.17, 15) is 9.59 Å². The first kappa shape index (κ1) is 20.8. The molecule has 0 aromatic heterocycles. The summed E-state index contributed by atoms with van der Waals surface area (Å²) in [5.74, 6) is -0.700. The molecular formula is C24H24NO3P. The maximum absolute atomic E-state index is 12.0. The Labute approximate surface area is 172 Å². The number of carbonyl (C=O) groups is 2. The number of rotatable bonds is 7. The standard InChI is InChI=1S/C24H24NO3P/c1-18(26)25-23(24(27)28-2)17-19-13-15-22(16-14-19)29(20-9-5-3-6-10-20)21-11-7-4-8-12-21/h3-16,23H,17H2,1-2H3,(H,25,26)/t23-/m0/s1. The Bertz CT molecular complexity index is 903. The van der Waals surface area contributed by atoms with Crippen molar-refractivity contribution < 1.29 is 14.3 Å². The van der Waals surface area contributed by atoms with Gasteiger partial charge in [-0.1, -0.05) is 84.9 Å². The molecule has 0 bridgehead atoms. The van der Waals surface area contributed by atoms with Crippen molar-refractivity contribution in [2.45, 2.75) is 19.4 Å². The van der Waals surface area contributed by atoms with Crippen LogP contribution >= 0.6 is 7.92 Å². The van der Waals surface area contributed by atoms with E-state index in [1.807, 2.05) is 24.3 Å². The molecule has 0 fully saturated rings. The molecule has 0 saturated carbocycles. The number of methoxy groups -OCH3 is 1. The highest BCUT2D eigenvalue weighted by Crippen LogP contribution is 2.32. The molecule has 3 rings (SSSR count). The lowest BCUT2D eigenvalue weighted by Gasteiger charge is -2.20. The van der Waals surface area contributed by atoms with Crippen molar-refractivity contribution in [2.24, 2.45) is 0 Å². The molecule has 1 N–H and O–H groups in total. The van der Waals surface area contributed by atoms with Gasteiger partial charge in [-0.2, -0.15) is 0 Å². The number of nitrogens with one attached hydrogen (secondary N) is 1. The van der Waals surface area contributed by atoms with Crippen LogP contribution in [0.15, 0.2) is 84.9 Å². The van der Waals surface area contributed by atoms with Crippen molar-refractivity contribution >= 4 is 35.7 Å². The first-order chi connectivity index (χ1) is 14.1. The summed E-state index contributed by atoms with van der Waals surface area (Å²) in [6.45, 7) is 1.39. The van der Waals surface area contributed by atoms with Crippen molar-refractivity contribution in [3.05, 3.63) is 90.5 Å². The Morgan fingerprint density at radius 3 is 1.76 bits per heavy atom. The Hall–Kier alpha value is -2.97. The second-order valence-corrected chi connectivity index (χ2v) is 8.87. The van der Waals surface area contributed by atoms with Gasteiger partial charge in [0.2, 0.25) is 5.91 Å². The van der Waals surface area contributed by atoms with Crippen LogP contribution in [0, 0.1) is 0 Å². The normalized spacial score (nSPS) is 11.7. The Morgan fingerprint density at radius 2 is 1.31 bits per heavy atom. The van der Waals surface area contributed by atoms with Gasteiger partial charge in [0.25, 0.3) is 0 Å². The molecule has 29 heavy (non-hydrogen) atoms. The number of hydrogen-bond acceptors (Lipinski definition) is 3. The van der Waals surface area contributed by atoms with Gasteiger partial charge in [-0.25, -0.2) is 4.79 Å². The zero-order valence-electron chi connectivity index (χ0n) is 16.5. The van der Waals surface area contributed by atoms with E-state index < -0.39 is 19.9 Å². The minimum atomic E-state index is -0.687. The highest BCUT2D eigenvalue weighted by molar-refractivity contribution is 7.79. The molecule has 3 aromatic carbocycles. The number of ether oxygens (including phenoxy) is 1. The SMILES string of the molecule is COC(=O)[C@H](Cc1ccc(P(c2ccccc2)c2ccccc2)cc1)NC(C)=O. The van der Waals surface area contributed by atoms with Gasteiger partial charge < -0.3 is 10.1 Å². The molecule has 4 nitrogen and oxygen atoms in total. The Balaban J connectivity index is 1.88. The Kier molecular flexibility index (Phi) is 7.15. The van der Waals surface area contributed by atoms with Crippen molar-refractivity contribution in [1.29, 1.82) is 0 Å². The average Bonchev–Trinajstić information content (AvgIpc) is 2.75. The predicted molar refractivity (Wildman–Crippen MR) is 118 cm³/mol. The first-order valence-corrected chi connectivity index (χ1v) is 10.8. The van der Waals surface area contributed by atoms with Crippen molar-refractivity contribution in [3.63, 3.8) is 0 Å². The van der Waals surface area contributed by atoms with Gasteiger partial charge in [-0.3, -0.25) is 4.79 Å². The van der Waals surface area contributed by atoms with E-state index in [0.717, 1.165) is 5.56 Å². The fourth-order valence-electron chi connectivity index (χ4n) is 3.20. The zero-order valence-corrected chi connectivity index (χ0v) is 17.4. The van der Waals surface area contributed by atoms with E-state index in [4.69, 9.17) is 4.74 Å². The van der Waals surface area contributed by atoms with Gasteiger partial charge in [0.05, 0.1) is 7.11 Å². The lowest BCUT2D eigenvalue weighted by atomic mass is 10.1. The van der Waals surface area contributed by atoms with E-state index in [0.29, 0.717) is 6.42 Å². The van der Waals surface area contributed by atoms with Crippen LogP contribution in [0.2, 0.25) is 0 Å². The summed E-state index contributed by atoms with van der Waals surface area (Å²) in [5, 5.41) is 6.46. The monoisotopic (exact) mass is 405 g/mol. The van der Waals surface area contributed by atoms with Gasteiger partial charge in [0, 0.05) is 13.3 Å². The zero-order chi connectivity index (χ0) is 20.6. The fourth-order valence-corrected chi connectivity index (χ4v) is 5.48. The van der Waals surface area contributed by atoms with Crippen LogP contribution in [0.25, 0.3) is 0 Å². The van der Waals surface area contributed by atoms with E-state index in [-0.39, 0.29) is 5.91 Å². The van der Waals surface area contributed by atoms with Gasteiger partial charge in [0.15, 0.2) is 0 Å². The molecule has 0 heterocycles. The van der Waals surface area contributed by atoms with Crippen LogP contribution in [0.5, 0.6) is 0 Å². The highest BCUT2D eigenvalue weighted by Gasteiger charge is 2.21. The maximum Gasteiger partial charge on any atom is 0.328 e. The van der Waals surface area contributed by atoms with Crippen molar-refractivity contribution in [2.75, 3.05) is 7.11 Å². The number of carbonyl (C=O) groups excluding carboxylic acids is 2. The van der Waals surface area contributed by atoms with Crippen molar-refractivity contribution in [1.82, 2.24) is 5.32 Å². The second kappa shape index (κ2) is 9.99. The molecule has 1 amide bonds. The summed E-state index contributed by atoms with van der Waals surface area (Å²) in [4.78, 5) is 23.4. The second-order valence-electron chi connectivity index (χ2n) is 6.65. The number of hydrogen-bond donors (Lipinski definition) is 1. The van der Waals surface area contributed by atoms with Crippen LogP contribution in [-0.2, 0) is 20.7 Å². The van der Waals surface area contributed by atoms with Crippen LogP contribution in [0.1, 0.15) is 12.5 Å². The number of benzene rings is 3. The van der Waals surface area contributed by atoms with E-state index in [1.54, 1.807) is 0 Å². The lowest BCUT2D eigenvalue weighted by molar-refractivity contribution is -0.144. The quantitative estimate of drug-likeness (QED) is 0.486. The summed E-state index contributed by atoms with van der Waals surface area (Å²) < 4.78 is 4.81. The van der Waals surface area contributed by atoms with Gasteiger partial charge in [-0.05, 0) is 29.4 Å². The molecule has 0 aliphatic carbocycles. The van der Waals surface area contributed by atoms with Gasteiger partial charge >= 0.3 is 5.97 Å². The van der Waals surface area contributed by atoms with Crippen LogP contribution < -0.4 is 21.2 Å². The molecule has 5 heteroatoms. The minimum absolute atomic E-state index is 0.256. The summed E-state index contributed by atoms with van der Waals surface area (Å²) in [6, 6.07) is 28.6. The Morgan fingerprint density at radius 1 is 0.828 bits per heavy atom. The molecular weight excluding hydrogens is 381 g/mol. The molecule has 0 spiro atoms. The smallest absolute Gasteiger partial charge is 0.328 e. The third-order valence-corrected chi connectivity index (χ3v) is 6.97. The molecule has 1 atom stereocenters. The average molecular weight is 405 g/mol. The summed E-state index contributed by atoms with van der Waals surface area (Å²) in [5.41, 5.74) is 0.967. The third kappa shape index (κ3) is 5.52. The largest absolute Gasteiger partial charge is 0.467 e. The summed E-state index contributed by atoms with van der Waals surface area (Å²) in [7, 11) is 0.657. The molecule has 3 aromatic rings. The summed E-state index contributed by atoms with van der Waals surface area (Å²) in [6.07, 6.45) is 0.390. The topological polar surface area (TPSA) is 55.4 Å². The van der Waals surface area contributed by atoms with E-state index in [1.165, 1.54) is 29.9 Å². The van der Waals surface area contributed by atoms with E-state index >= 15 is 0 Å².